The summed E-state index contributed by atoms with van der Waals surface area (Å²) in [5.41, 5.74) is 0.966. The summed E-state index contributed by atoms with van der Waals surface area (Å²) in [4.78, 5) is 12.4. The monoisotopic (exact) mass is 304 g/mol. The molecule has 2 rings (SSSR count). The number of hydrogen-bond donors (Lipinski definition) is 3. The molecule has 1 saturated carbocycles. The van der Waals surface area contributed by atoms with Gasteiger partial charge in [-0.2, -0.15) is 0 Å². The van der Waals surface area contributed by atoms with E-state index in [9.17, 15) is 4.79 Å². The highest BCUT2D eigenvalue weighted by molar-refractivity contribution is 5.75. The third-order valence-electron chi connectivity index (χ3n) is 4.56. The van der Waals surface area contributed by atoms with Crippen molar-refractivity contribution in [3.05, 3.63) is 35.9 Å². The van der Waals surface area contributed by atoms with Gasteiger partial charge in [0.05, 0.1) is 5.54 Å². The van der Waals surface area contributed by atoms with Crippen molar-refractivity contribution in [3.8, 4) is 0 Å². The van der Waals surface area contributed by atoms with Crippen LogP contribution in [0.2, 0.25) is 0 Å². The van der Waals surface area contributed by atoms with Crippen LogP contribution in [0.3, 0.4) is 0 Å². The zero-order valence-corrected chi connectivity index (χ0v) is 13.5. The Hall–Kier alpha value is -1.55. The van der Waals surface area contributed by atoms with Gasteiger partial charge in [0.15, 0.2) is 0 Å². The van der Waals surface area contributed by atoms with E-state index in [4.69, 9.17) is 5.11 Å². The molecule has 0 bridgehead atoms. The highest BCUT2D eigenvalue weighted by Gasteiger charge is 2.35. The molecule has 122 valence electrons. The third-order valence-corrected chi connectivity index (χ3v) is 4.56. The van der Waals surface area contributed by atoms with Crippen molar-refractivity contribution in [2.24, 2.45) is 0 Å². The molecule has 4 nitrogen and oxygen atoms in total. The number of rotatable bonds is 6. The summed E-state index contributed by atoms with van der Waals surface area (Å²) < 4.78 is 0. The first kappa shape index (κ1) is 16.8. The second-order valence-electron chi connectivity index (χ2n) is 6.37. The zero-order chi connectivity index (χ0) is 15.8. The minimum absolute atomic E-state index is 0.0727. The van der Waals surface area contributed by atoms with Crippen molar-refractivity contribution in [2.75, 3.05) is 6.61 Å². The molecule has 4 heteroatoms. The Labute approximate surface area is 133 Å². The van der Waals surface area contributed by atoms with Crippen LogP contribution in [0.1, 0.15) is 57.4 Å². The van der Waals surface area contributed by atoms with Crippen molar-refractivity contribution >= 4 is 6.03 Å². The molecule has 1 aromatic carbocycles. The topological polar surface area (TPSA) is 61.4 Å². The predicted octanol–water partition coefficient (Wildman–Crippen LogP) is 3.31. The van der Waals surface area contributed by atoms with Crippen LogP contribution >= 0.6 is 0 Å². The van der Waals surface area contributed by atoms with E-state index in [-0.39, 0.29) is 24.2 Å². The summed E-state index contributed by atoms with van der Waals surface area (Å²) in [5, 5.41) is 15.1. The Morgan fingerprint density at radius 1 is 1.23 bits per heavy atom. The smallest absolute Gasteiger partial charge is 0.315 e. The van der Waals surface area contributed by atoms with Gasteiger partial charge in [-0.25, -0.2) is 4.79 Å². The number of amides is 2. The quantitative estimate of drug-likeness (QED) is 0.755. The van der Waals surface area contributed by atoms with Crippen LogP contribution in [-0.2, 0) is 5.54 Å². The molecule has 0 spiro atoms. The van der Waals surface area contributed by atoms with Crippen LogP contribution in [0.25, 0.3) is 0 Å². The van der Waals surface area contributed by atoms with Crippen LogP contribution < -0.4 is 10.6 Å². The van der Waals surface area contributed by atoms with Gasteiger partial charge in [-0.1, -0.05) is 49.6 Å². The van der Waals surface area contributed by atoms with Gasteiger partial charge in [0.25, 0.3) is 0 Å². The Morgan fingerprint density at radius 3 is 2.55 bits per heavy atom. The summed E-state index contributed by atoms with van der Waals surface area (Å²) in [7, 11) is 0. The van der Waals surface area contributed by atoms with E-state index in [1.165, 1.54) is 12.0 Å². The number of aliphatic hydroxyl groups is 1. The number of carbonyl (C=O) groups excluding carboxylic acids is 1. The van der Waals surface area contributed by atoms with Crippen molar-refractivity contribution in [2.45, 2.75) is 63.5 Å². The molecule has 1 aliphatic rings. The lowest BCUT2D eigenvalue weighted by Gasteiger charge is -2.39. The summed E-state index contributed by atoms with van der Waals surface area (Å²) in [5.74, 6) is 0. The Balaban J connectivity index is 2.03. The molecule has 1 atom stereocenters. The van der Waals surface area contributed by atoms with Gasteiger partial charge in [0, 0.05) is 12.6 Å². The highest BCUT2D eigenvalue weighted by Crippen LogP contribution is 2.36. The first-order chi connectivity index (χ1) is 10.7. The molecule has 1 fully saturated rings. The lowest BCUT2D eigenvalue weighted by Crippen LogP contribution is -2.52. The summed E-state index contributed by atoms with van der Waals surface area (Å²) in [6.07, 6.45) is 7.04. The van der Waals surface area contributed by atoms with Crippen molar-refractivity contribution in [1.29, 1.82) is 0 Å². The van der Waals surface area contributed by atoms with Gasteiger partial charge in [-0.15, -0.1) is 0 Å². The van der Waals surface area contributed by atoms with Crippen LogP contribution in [-0.4, -0.2) is 23.8 Å². The zero-order valence-electron chi connectivity index (χ0n) is 13.5. The van der Waals surface area contributed by atoms with E-state index >= 15 is 0 Å². The second-order valence-corrected chi connectivity index (χ2v) is 6.37. The summed E-state index contributed by atoms with van der Waals surface area (Å²) in [6.45, 7) is 2.15. The minimum atomic E-state index is -0.236. The lowest BCUT2D eigenvalue weighted by atomic mass is 9.76. The molecule has 0 aromatic heterocycles. The van der Waals surface area contributed by atoms with Gasteiger partial charge >= 0.3 is 6.03 Å². The Kier molecular flexibility index (Phi) is 6.25. The molecule has 22 heavy (non-hydrogen) atoms. The normalized spacial score (nSPS) is 18.5. The summed E-state index contributed by atoms with van der Waals surface area (Å²) >= 11 is 0. The average Bonchev–Trinajstić information content (AvgIpc) is 2.54. The van der Waals surface area contributed by atoms with Gasteiger partial charge in [0.2, 0.25) is 0 Å². The number of benzene rings is 1. The SMILES string of the molecule is CC(CCCO)NC(=O)NC1(c2ccccc2)CCCCC1. The molecule has 0 saturated heterocycles. The predicted molar refractivity (Wildman–Crippen MR) is 88.7 cm³/mol. The molecule has 1 unspecified atom stereocenters. The van der Waals surface area contributed by atoms with E-state index in [1.54, 1.807) is 0 Å². The van der Waals surface area contributed by atoms with E-state index in [2.05, 4.69) is 22.8 Å². The maximum absolute atomic E-state index is 12.4. The van der Waals surface area contributed by atoms with E-state index in [0.717, 1.165) is 32.1 Å². The fourth-order valence-electron chi connectivity index (χ4n) is 3.35. The standard InChI is InChI=1S/C18H28N2O2/c1-15(9-8-14-21)19-17(22)20-18(12-6-3-7-13-18)16-10-4-2-5-11-16/h2,4-5,10-11,15,21H,3,6-9,12-14H2,1H3,(H2,19,20,22). The number of carbonyl (C=O) groups is 1. The average molecular weight is 304 g/mol. The Morgan fingerprint density at radius 2 is 1.91 bits per heavy atom. The van der Waals surface area contributed by atoms with Gasteiger partial charge in [0.1, 0.15) is 0 Å². The minimum Gasteiger partial charge on any atom is -0.396 e. The summed E-state index contributed by atoms with van der Waals surface area (Å²) in [6, 6.07) is 10.3. The number of hydrogen-bond acceptors (Lipinski definition) is 2. The first-order valence-electron chi connectivity index (χ1n) is 8.41. The lowest BCUT2D eigenvalue weighted by molar-refractivity contribution is 0.198. The number of nitrogens with one attached hydrogen (secondary N) is 2. The Bertz CT molecular complexity index is 455. The van der Waals surface area contributed by atoms with Gasteiger partial charge in [-0.3, -0.25) is 0 Å². The van der Waals surface area contributed by atoms with Gasteiger partial charge < -0.3 is 15.7 Å². The molecular weight excluding hydrogens is 276 g/mol. The molecule has 0 heterocycles. The maximum atomic E-state index is 12.4. The molecule has 0 radical (unpaired) electrons. The molecular formula is C18H28N2O2. The van der Waals surface area contributed by atoms with E-state index in [1.807, 2.05) is 25.1 Å². The molecule has 0 aliphatic heterocycles. The highest BCUT2D eigenvalue weighted by atomic mass is 16.3. The second kappa shape index (κ2) is 8.18. The number of aliphatic hydroxyl groups excluding tert-OH is 1. The molecule has 1 aromatic rings. The van der Waals surface area contributed by atoms with E-state index < -0.39 is 0 Å². The molecule has 1 aliphatic carbocycles. The first-order valence-corrected chi connectivity index (χ1v) is 8.41. The van der Waals surface area contributed by atoms with Crippen molar-refractivity contribution in [1.82, 2.24) is 10.6 Å². The molecule has 2 amide bonds. The fraction of sp³-hybridized carbons (Fsp3) is 0.611. The fourth-order valence-corrected chi connectivity index (χ4v) is 3.35. The maximum Gasteiger partial charge on any atom is 0.315 e. The largest absolute Gasteiger partial charge is 0.396 e. The van der Waals surface area contributed by atoms with Crippen LogP contribution in [0, 0.1) is 0 Å². The van der Waals surface area contributed by atoms with Crippen LogP contribution in [0.5, 0.6) is 0 Å². The third kappa shape index (κ3) is 4.47. The molecule has 3 N–H and O–H groups in total. The van der Waals surface area contributed by atoms with Crippen LogP contribution in [0.15, 0.2) is 30.3 Å². The van der Waals surface area contributed by atoms with Crippen molar-refractivity contribution in [3.63, 3.8) is 0 Å². The number of urea groups is 1. The van der Waals surface area contributed by atoms with Crippen LogP contribution in [0.4, 0.5) is 4.79 Å². The van der Waals surface area contributed by atoms with E-state index in [0.29, 0.717) is 6.42 Å². The van der Waals surface area contributed by atoms with Gasteiger partial charge in [-0.05, 0) is 38.2 Å². The van der Waals surface area contributed by atoms with Crippen molar-refractivity contribution < 1.29 is 9.90 Å².